The number of carbonyl (C=O) groups excluding carboxylic acids is 2. The molecule has 4 aromatic carbocycles. The Bertz CT molecular complexity index is 1740. The zero-order valence-corrected chi connectivity index (χ0v) is 27.1. The van der Waals surface area contributed by atoms with Crippen LogP contribution in [0.5, 0.6) is 11.5 Å². The number of rotatable bonds is 6. The van der Waals surface area contributed by atoms with Crippen molar-refractivity contribution in [2.24, 2.45) is 5.92 Å². The van der Waals surface area contributed by atoms with Gasteiger partial charge in [-0.05, 0) is 0 Å². The van der Waals surface area contributed by atoms with Gasteiger partial charge in [0.1, 0.15) is 0 Å². The normalized spacial score (nSPS) is 28.7. The van der Waals surface area contributed by atoms with Crippen LogP contribution in [-0.2, 0) is 9.63 Å². The predicted octanol–water partition coefficient (Wildman–Crippen LogP) is 5.03. The minimum absolute atomic E-state index is 0.0767. The molecule has 0 radical (unpaired) electrons. The van der Waals surface area contributed by atoms with Gasteiger partial charge in [0.2, 0.25) is 0 Å². The summed E-state index contributed by atoms with van der Waals surface area (Å²) in [5.74, 6) is 0.712. The van der Waals surface area contributed by atoms with Gasteiger partial charge in [-0.25, -0.2) is 0 Å². The Kier molecular flexibility index (Phi) is 6.92. The third-order valence-electron chi connectivity index (χ3n) is 9.39. The Morgan fingerprint density at radius 1 is 0.909 bits per heavy atom. The Hall–Kier alpha value is -3.46. The summed E-state index contributed by atoms with van der Waals surface area (Å²) in [7, 11) is 1.63. The van der Waals surface area contributed by atoms with Gasteiger partial charge in [0.15, 0.2) is 0 Å². The van der Waals surface area contributed by atoms with Crippen LogP contribution in [0.15, 0.2) is 108 Å². The van der Waals surface area contributed by atoms with Crippen molar-refractivity contribution in [2.45, 2.75) is 35.0 Å². The molecule has 0 aromatic heterocycles. The molecule has 7 nitrogen and oxygen atoms in total. The molecule has 0 aliphatic carbocycles. The first kappa shape index (κ1) is 28.0. The van der Waals surface area contributed by atoms with E-state index in [1.54, 1.807) is 7.11 Å². The van der Waals surface area contributed by atoms with E-state index in [2.05, 4.69) is 52.3 Å². The number of hydroxylamine groups is 2. The van der Waals surface area contributed by atoms with Crippen LogP contribution in [0.1, 0.15) is 21.8 Å². The Morgan fingerprint density at radius 2 is 1.64 bits per heavy atom. The number of fused-ring (bicyclic) bond motifs is 4. The molecule has 8 rings (SSSR count). The molecule has 4 heterocycles. The molecule has 3 fully saturated rings. The Balaban J connectivity index is 1.25. The summed E-state index contributed by atoms with van der Waals surface area (Å²) in [4.78, 5) is 37.5. The first-order valence-corrected chi connectivity index (χ1v) is 17.5. The van der Waals surface area contributed by atoms with Crippen molar-refractivity contribution in [3.63, 3.8) is 0 Å². The quantitative estimate of drug-likeness (QED) is 0.206. The van der Waals surface area contributed by atoms with Crippen molar-refractivity contribution >= 4 is 52.7 Å². The first-order valence-electron chi connectivity index (χ1n) is 14.6. The van der Waals surface area contributed by atoms with E-state index in [9.17, 15) is 9.59 Å². The van der Waals surface area contributed by atoms with Crippen LogP contribution in [-0.4, -0.2) is 69.2 Å². The number of hydrogen-bond acceptors (Lipinski definition) is 6. The van der Waals surface area contributed by atoms with Crippen LogP contribution in [0, 0.1) is 5.92 Å². The Morgan fingerprint density at radius 3 is 2.39 bits per heavy atom. The van der Waals surface area contributed by atoms with E-state index in [1.165, 1.54) is 4.46 Å². The van der Waals surface area contributed by atoms with E-state index in [-0.39, 0.29) is 63.2 Å². The maximum atomic E-state index is 14.6. The molecule has 44 heavy (non-hydrogen) atoms. The maximum absolute atomic E-state index is 14.6. The number of para-hydroxylation sites is 1. The second kappa shape index (κ2) is 10.9. The monoisotopic (exact) mass is 716 g/mol. The fourth-order valence-electron chi connectivity index (χ4n) is 7.42. The number of halogens is 1. The number of ether oxygens (including phenoxy) is 2. The standard InChI is InChI=1S/C35H29BrN2O5Se/c1-41-24-17-15-23(16-18-24)37-31-29(34(37)40)27(19-44-25-7-3-2-4-8-25)38-32(31)30(21-11-13-22(36)14-12-21)35(43-38)20-42-28-10-6-5-9-26(28)33(35)39/h2-18,27,29-32H,19-20H2,1H3/t27-,29-,30+,31-,32-,35+/m1/s1. The van der Waals surface area contributed by atoms with E-state index in [0.29, 0.717) is 11.3 Å². The average Bonchev–Trinajstić information content (AvgIpc) is 3.52. The first-order chi connectivity index (χ1) is 21.5. The topological polar surface area (TPSA) is 68.3 Å². The summed E-state index contributed by atoms with van der Waals surface area (Å²) in [6.07, 6.45) is 0. The van der Waals surface area contributed by atoms with Crippen molar-refractivity contribution in [2.75, 3.05) is 18.6 Å². The molecule has 6 atom stereocenters. The molecule has 3 saturated heterocycles. The molecule has 0 unspecified atom stereocenters. The fourth-order valence-corrected chi connectivity index (χ4v) is 9.93. The Labute approximate surface area is 270 Å². The van der Waals surface area contributed by atoms with E-state index >= 15 is 0 Å². The molecule has 4 aliphatic heterocycles. The zero-order valence-electron chi connectivity index (χ0n) is 23.8. The van der Waals surface area contributed by atoms with Crippen LogP contribution in [0.4, 0.5) is 5.69 Å². The van der Waals surface area contributed by atoms with Gasteiger partial charge in [-0.15, -0.1) is 0 Å². The van der Waals surface area contributed by atoms with Gasteiger partial charge in [0.05, 0.1) is 0 Å². The molecular weight excluding hydrogens is 687 g/mol. The predicted molar refractivity (Wildman–Crippen MR) is 171 cm³/mol. The van der Waals surface area contributed by atoms with Gasteiger partial charge in [-0.3, -0.25) is 0 Å². The van der Waals surface area contributed by atoms with E-state index in [1.807, 2.05) is 76.7 Å². The van der Waals surface area contributed by atoms with Gasteiger partial charge >= 0.3 is 271 Å². The number of methoxy groups -OCH3 is 1. The van der Waals surface area contributed by atoms with E-state index in [0.717, 1.165) is 26.8 Å². The summed E-state index contributed by atoms with van der Waals surface area (Å²) in [5.41, 5.74) is 1.07. The molecule has 1 amide bonds. The number of hydrogen-bond donors (Lipinski definition) is 0. The van der Waals surface area contributed by atoms with Gasteiger partial charge < -0.3 is 0 Å². The van der Waals surface area contributed by atoms with Crippen LogP contribution in [0.25, 0.3) is 0 Å². The second-order valence-corrected chi connectivity index (χ2v) is 14.8. The fraction of sp³-hybridized carbons (Fsp3) is 0.257. The van der Waals surface area contributed by atoms with Crippen molar-refractivity contribution in [1.82, 2.24) is 5.06 Å². The summed E-state index contributed by atoms with van der Waals surface area (Å²) in [6.45, 7) is 0.0982. The average molecular weight is 716 g/mol. The van der Waals surface area contributed by atoms with E-state index in [4.69, 9.17) is 14.3 Å². The molecular formula is C35H29BrN2O5Se. The third-order valence-corrected chi connectivity index (χ3v) is 12.3. The van der Waals surface area contributed by atoms with Crippen LogP contribution in [0.2, 0.25) is 5.32 Å². The number of β-lactam (4-membered cyclic amide) rings is 1. The second-order valence-electron chi connectivity index (χ2n) is 11.6. The SMILES string of the molecule is COc1ccc(N2C(=O)[C@H]3[C@@H]2[C@H]2[C@H](c4ccc(Br)cc4)[C@]4(COc5ccccc5C4=O)ON2[C@@H]3C[Se]c2ccccc2)cc1. The number of benzene rings is 4. The van der Waals surface area contributed by atoms with E-state index < -0.39 is 5.60 Å². The number of amides is 1. The molecule has 0 bridgehead atoms. The zero-order chi connectivity index (χ0) is 30.0. The summed E-state index contributed by atoms with van der Waals surface area (Å²) in [6, 6.07) is 33.0. The van der Waals surface area contributed by atoms with Crippen LogP contribution >= 0.6 is 15.9 Å². The van der Waals surface area contributed by atoms with Gasteiger partial charge in [-0.1, -0.05) is 0 Å². The summed E-state index contributed by atoms with van der Waals surface area (Å²) < 4.78 is 13.9. The summed E-state index contributed by atoms with van der Waals surface area (Å²) in [5, 5.41) is 2.81. The number of ketones is 1. The van der Waals surface area contributed by atoms with Crippen molar-refractivity contribution in [1.29, 1.82) is 0 Å². The van der Waals surface area contributed by atoms with Crippen LogP contribution < -0.4 is 18.8 Å². The number of carbonyl (C=O) groups is 2. The molecule has 0 N–H and O–H groups in total. The summed E-state index contributed by atoms with van der Waals surface area (Å²) >= 11 is 3.69. The van der Waals surface area contributed by atoms with Gasteiger partial charge in [-0.2, -0.15) is 0 Å². The number of anilines is 1. The molecule has 0 saturated carbocycles. The number of nitrogens with zero attached hydrogens (tertiary/aromatic N) is 2. The van der Waals surface area contributed by atoms with Crippen LogP contribution in [0.3, 0.4) is 0 Å². The number of Topliss-reactive ketones (excluding diaryl/α,β-unsaturated/α-hetero) is 1. The van der Waals surface area contributed by atoms with Gasteiger partial charge in [0.25, 0.3) is 0 Å². The van der Waals surface area contributed by atoms with Crippen molar-refractivity contribution < 1.29 is 23.9 Å². The van der Waals surface area contributed by atoms with Gasteiger partial charge in [0, 0.05) is 0 Å². The molecule has 1 spiro atoms. The molecule has 222 valence electrons. The third kappa shape index (κ3) is 4.21. The molecule has 4 aliphatic rings. The molecule has 4 aromatic rings. The minimum atomic E-state index is -1.26. The van der Waals surface area contributed by atoms with Crippen molar-refractivity contribution in [3.05, 3.63) is 119 Å². The molecule has 9 heteroatoms. The van der Waals surface area contributed by atoms with Crippen molar-refractivity contribution in [3.8, 4) is 11.5 Å².